The van der Waals surface area contributed by atoms with E-state index in [1.807, 2.05) is 11.8 Å². The lowest BCUT2D eigenvalue weighted by Crippen LogP contribution is -2.17. The molecule has 1 fully saturated rings. The molecule has 2 atom stereocenters. The summed E-state index contributed by atoms with van der Waals surface area (Å²) < 4.78 is 5.03. The Morgan fingerprint density at radius 1 is 1.43 bits per heavy atom. The van der Waals surface area contributed by atoms with Gasteiger partial charge in [-0.05, 0) is 50.1 Å². The predicted molar refractivity (Wildman–Crippen MR) is 90.0 cm³/mol. The minimum absolute atomic E-state index is 0.300. The normalized spacial score (nSPS) is 21.2. The van der Waals surface area contributed by atoms with Crippen LogP contribution in [-0.2, 0) is 4.74 Å². The maximum absolute atomic E-state index is 11.8. The van der Waals surface area contributed by atoms with Crippen molar-refractivity contribution in [3.63, 3.8) is 0 Å². The monoisotopic (exact) mass is 308 g/mol. The molecule has 3 N–H and O–H groups in total. The summed E-state index contributed by atoms with van der Waals surface area (Å²) in [6, 6.07) is 5.71. The minimum Gasteiger partial charge on any atom is -0.462 e. The molecule has 2 unspecified atom stereocenters. The van der Waals surface area contributed by atoms with Crippen molar-refractivity contribution in [1.29, 1.82) is 0 Å². The molecule has 2 rings (SSSR count). The van der Waals surface area contributed by atoms with Crippen LogP contribution in [0.5, 0.6) is 0 Å². The number of nitrogen functional groups attached to an aromatic ring is 1. The zero-order chi connectivity index (χ0) is 15.2. The molecule has 4 nitrogen and oxygen atoms in total. The largest absolute Gasteiger partial charge is 0.462 e. The first kappa shape index (κ1) is 16.0. The third-order valence-electron chi connectivity index (χ3n) is 3.71. The fourth-order valence-electron chi connectivity index (χ4n) is 2.70. The highest BCUT2D eigenvalue weighted by Crippen LogP contribution is 2.33. The van der Waals surface area contributed by atoms with E-state index >= 15 is 0 Å². The number of hydrogen-bond acceptors (Lipinski definition) is 5. The van der Waals surface area contributed by atoms with Crippen LogP contribution in [0.3, 0.4) is 0 Å². The summed E-state index contributed by atoms with van der Waals surface area (Å²) in [5, 5.41) is 4.23. The summed E-state index contributed by atoms with van der Waals surface area (Å²) in [5.41, 5.74) is 8.08. The fraction of sp³-hybridized carbons (Fsp3) is 0.562. The average molecular weight is 308 g/mol. The highest BCUT2D eigenvalue weighted by Gasteiger charge is 2.25. The van der Waals surface area contributed by atoms with Crippen LogP contribution >= 0.6 is 11.8 Å². The van der Waals surface area contributed by atoms with E-state index in [0.717, 1.165) is 29.5 Å². The number of ether oxygens (including phenoxy) is 1. The van der Waals surface area contributed by atoms with E-state index in [9.17, 15) is 4.79 Å². The molecule has 1 aromatic rings. The van der Waals surface area contributed by atoms with Crippen molar-refractivity contribution < 1.29 is 9.53 Å². The van der Waals surface area contributed by atoms with Gasteiger partial charge < -0.3 is 15.8 Å². The maximum Gasteiger partial charge on any atom is 0.338 e. The van der Waals surface area contributed by atoms with E-state index in [4.69, 9.17) is 10.5 Å². The molecule has 1 aromatic carbocycles. The predicted octanol–water partition coefficient (Wildman–Crippen LogP) is 3.53. The molecular formula is C16H24N2O2S. The van der Waals surface area contributed by atoms with Crippen molar-refractivity contribution in [1.82, 2.24) is 0 Å². The highest BCUT2D eigenvalue weighted by atomic mass is 32.2. The van der Waals surface area contributed by atoms with E-state index in [0.29, 0.717) is 23.9 Å². The molecule has 0 aromatic heterocycles. The first-order chi connectivity index (χ1) is 10.1. The summed E-state index contributed by atoms with van der Waals surface area (Å²) in [6.07, 6.45) is 3.55. The van der Waals surface area contributed by atoms with Gasteiger partial charge in [-0.25, -0.2) is 4.79 Å². The molecule has 0 spiro atoms. The summed E-state index contributed by atoms with van der Waals surface area (Å²) in [4.78, 5) is 11.8. The molecule has 116 valence electrons. The Morgan fingerprint density at radius 3 is 2.95 bits per heavy atom. The standard InChI is InChI=1S/C16H24N2O2S/c1-3-20-16(19)11-5-8-14(17)15(9-11)18-12-6-7-13(10-12)21-4-2/h5,8-9,12-13,18H,3-4,6-7,10,17H2,1-2H3. The van der Waals surface area contributed by atoms with E-state index in [2.05, 4.69) is 12.2 Å². The van der Waals surface area contributed by atoms with Crippen molar-refractivity contribution in [2.75, 3.05) is 23.4 Å². The molecular weight excluding hydrogens is 284 g/mol. The molecule has 1 saturated carbocycles. The van der Waals surface area contributed by atoms with Gasteiger partial charge >= 0.3 is 5.97 Å². The van der Waals surface area contributed by atoms with Gasteiger partial charge in [0.15, 0.2) is 0 Å². The Kier molecular flexibility index (Phi) is 5.79. The number of hydrogen-bond donors (Lipinski definition) is 2. The summed E-state index contributed by atoms with van der Waals surface area (Å²) in [6.45, 7) is 4.38. The van der Waals surface area contributed by atoms with Gasteiger partial charge in [-0.1, -0.05) is 6.92 Å². The van der Waals surface area contributed by atoms with Crippen LogP contribution in [0.25, 0.3) is 0 Å². The third-order valence-corrected chi connectivity index (χ3v) is 4.94. The third kappa shape index (κ3) is 4.30. The molecule has 0 radical (unpaired) electrons. The van der Waals surface area contributed by atoms with E-state index in [1.54, 1.807) is 25.1 Å². The topological polar surface area (TPSA) is 64.3 Å². The number of esters is 1. The SMILES string of the molecule is CCOC(=O)c1ccc(N)c(NC2CCC(SCC)C2)c1. The van der Waals surface area contributed by atoms with Gasteiger partial charge in [-0.3, -0.25) is 0 Å². The van der Waals surface area contributed by atoms with Gasteiger partial charge in [0.05, 0.1) is 23.5 Å². The molecule has 0 bridgehead atoms. The molecule has 5 heteroatoms. The fourth-order valence-corrected chi connectivity index (χ4v) is 3.84. The lowest BCUT2D eigenvalue weighted by atomic mass is 10.1. The molecule has 0 saturated heterocycles. The van der Waals surface area contributed by atoms with Crippen LogP contribution in [0.4, 0.5) is 11.4 Å². The van der Waals surface area contributed by atoms with Crippen LogP contribution in [-0.4, -0.2) is 29.6 Å². The molecule has 0 amide bonds. The van der Waals surface area contributed by atoms with Crippen molar-refractivity contribution >= 4 is 29.1 Å². The van der Waals surface area contributed by atoms with E-state index < -0.39 is 0 Å². The van der Waals surface area contributed by atoms with Crippen molar-refractivity contribution in [3.8, 4) is 0 Å². The van der Waals surface area contributed by atoms with Gasteiger partial charge in [0, 0.05) is 11.3 Å². The Bertz CT molecular complexity index is 493. The van der Waals surface area contributed by atoms with Gasteiger partial charge in [0.2, 0.25) is 0 Å². The summed E-state index contributed by atoms with van der Waals surface area (Å²) in [7, 11) is 0. The first-order valence-electron chi connectivity index (χ1n) is 7.58. The Hall–Kier alpha value is -1.36. The Balaban J connectivity index is 2.02. The number of nitrogens with two attached hydrogens (primary N) is 1. The van der Waals surface area contributed by atoms with Crippen molar-refractivity contribution in [3.05, 3.63) is 23.8 Å². The van der Waals surface area contributed by atoms with Gasteiger partial charge in [-0.15, -0.1) is 0 Å². The average Bonchev–Trinajstić information content (AvgIpc) is 2.89. The van der Waals surface area contributed by atoms with Crippen LogP contribution in [0.15, 0.2) is 18.2 Å². The number of anilines is 2. The highest BCUT2D eigenvalue weighted by molar-refractivity contribution is 7.99. The number of nitrogens with one attached hydrogen (secondary N) is 1. The Morgan fingerprint density at radius 2 is 2.24 bits per heavy atom. The second-order valence-corrected chi connectivity index (χ2v) is 6.83. The van der Waals surface area contributed by atoms with Crippen LogP contribution < -0.4 is 11.1 Å². The van der Waals surface area contributed by atoms with E-state index in [1.165, 1.54) is 6.42 Å². The van der Waals surface area contributed by atoms with Gasteiger partial charge in [0.25, 0.3) is 0 Å². The minimum atomic E-state index is -0.300. The summed E-state index contributed by atoms with van der Waals surface area (Å²) >= 11 is 2.03. The second kappa shape index (κ2) is 7.59. The first-order valence-corrected chi connectivity index (χ1v) is 8.63. The van der Waals surface area contributed by atoms with Crippen molar-refractivity contribution in [2.24, 2.45) is 0 Å². The lowest BCUT2D eigenvalue weighted by molar-refractivity contribution is 0.0526. The second-order valence-electron chi connectivity index (χ2n) is 5.25. The van der Waals surface area contributed by atoms with Crippen LogP contribution in [0.1, 0.15) is 43.5 Å². The van der Waals surface area contributed by atoms with Crippen LogP contribution in [0, 0.1) is 0 Å². The van der Waals surface area contributed by atoms with Gasteiger partial charge in [-0.2, -0.15) is 11.8 Å². The molecule has 1 aliphatic carbocycles. The lowest BCUT2D eigenvalue weighted by Gasteiger charge is -2.17. The maximum atomic E-state index is 11.8. The smallest absolute Gasteiger partial charge is 0.338 e. The van der Waals surface area contributed by atoms with Crippen LogP contribution in [0.2, 0.25) is 0 Å². The zero-order valence-electron chi connectivity index (χ0n) is 12.7. The quantitative estimate of drug-likeness (QED) is 0.622. The number of rotatable bonds is 6. The molecule has 1 aliphatic rings. The Labute approximate surface area is 130 Å². The molecule has 0 aliphatic heterocycles. The number of benzene rings is 1. The zero-order valence-corrected chi connectivity index (χ0v) is 13.5. The van der Waals surface area contributed by atoms with Crippen molar-refractivity contribution in [2.45, 2.75) is 44.4 Å². The summed E-state index contributed by atoms with van der Waals surface area (Å²) in [5.74, 6) is 0.865. The van der Waals surface area contributed by atoms with Gasteiger partial charge in [0.1, 0.15) is 0 Å². The van der Waals surface area contributed by atoms with E-state index in [-0.39, 0.29) is 5.97 Å². The number of carbonyl (C=O) groups excluding carboxylic acids is 1. The molecule has 21 heavy (non-hydrogen) atoms. The number of carbonyl (C=O) groups is 1. The molecule has 0 heterocycles. The number of thioether (sulfide) groups is 1.